The quantitative estimate of drug-likeness (QED) is 0.628. The Kier molecular flexibility index (Phi) is 7.27. The maximum atomic E-state index is 13.0. The standard InChI is InChI=1S/C21H24ClN3O6S/c1-25(12-21(27)24-17-10-15(22)18(30-2)11-19(17)31-3)32(28,29)14-7-8-16-13(9-14)5-4-6-20(26)23-16/h7-11H,4-6,12H2,1-3H3,(H,23,26)(H,24,27). The Morgan fingerprint density at radius 2 is 1.88 bits per heavy atom. The van der Waals surface area contributed by atoms with Gasteiger partial charge in [-0.15, -0.1) is 0 Å². The second kappa shape index (κ2) is 9.76. The van der Waals surface area contributed by atoms with Gasteiger partial charge in [0.05, 0.1) is 36.4 Å². The Bertz CT molecular complexity index is 1150. The fourth-order valence-electron chi connectivity index (χ4n) is 3.33. The third-order valence-electron chi connectivity index (χ3n) is 5.02. The molecular weight excluding hydrogens is 458 g/mol. The van der Waals surface area contributed by atoms with Gasteiger partial charge in [-0.3, -0.25) is 9.59 Å². The fraction of sp³-hybridized carbons (Fsp3) is 0.333. The Hall–Kier alpha value is -2.82. The molecule has 0 aromatic heterocycles. The van der Waals surface area contributed by atoms with Crippen LogP contribution in [0.1, 0.15) is 18.4 Å². The van der Waals surface area contributed by atoms with Gasteiger partial charge in [0.1, 0.15) is 11.5 Å². The van der Waals surface area contributed by atoms with E-state index in [2.05, 4.69) is 10.6 Å². The molecule has 0 aliphatic carbocycles. The van der Waals surface area contributed by atoms with Gasteiger partial charge < -0.3 is 20.1 Å². The number of halogens is 1. The van der Waals surface area contributed by atoms with E-state index >= 15 is 0 Å². The average Bonchev–Trinajstić information content (AvgIpc) is 2.93. The highest BCUT2D eigenvalue weighted by Crippen LogP contribution is 2.36. The first-order valence-electron chi connectivity index (χ1n) is 9.76. The Morgan fingerprint density at radius 3 is 2.56 bits per heavy atom. The molecule has 0 saturated carbocycles. The molecular formula is C21H24ClN3O6S. The number of rotatable bonds is 7. The predicted octanol–water partition coefficient (Wildman–Crippen LogP) is 2.89. The van der Waals surface area contributed by atoms with Crippen LogP contribution in [0.5, 0.6) is 11.5 Å². The first kappa shape index (κ1) is 23.8. The van der Waals surface area contributed by atoms with E-state index in [0.717, 1.165) is 9.87 Å². The van der Waals surface area contributed by atoms with Crippen LogP contribution in [0.2, 0.25) is 5.02 Å². The molecule has 32 heavy (non-hydrogen) atoms. The van der Waals surface area contributed by atoms with E-state index < -0.39 is 22.5 Å². The maximum Gasteiger partial charge on any atom is 0.243 e. The number of sulfonamides is 1. The smallest absolute Gasteiger partial charge is 0.243 e. The molecule has 1 aliphatic rings. The van der Waals surface area contributed by atoms with Gasteiger partial charge in [-0.25, -0.2) is 8.42 Å². The average molecular weight is 482 g/mol. The van der Waals surface area contributed by atoms with Crippen molar-refractivity contribution in [2.75, 3.05) is 38.4 Å². The maximum absolute atomic E-state index is 13.0. The van der Waals surface area contributed by atoms with Crippen molar-refractivity contribution in [3.05, 3.63) is 40.9 Å². The zero-order valence-corrected chi connectivity index (χ0v) is 19.5. The minimum atomic E-state index is -3.94. The van der Waals surface area contributed by atoms with Gasteiger partial charge in [-0.05, 0) is 42.7 Å². The molecule has 0 radical (unpaired) electrons. The molecule has 2 aromatic carbocycles. The van der Waals surface area contributed by atoms with Crippen LogP contribution in [0, 0.1) is 0 Å². The Balaban J connectivity index is 1.76. The second-order valence-corrected chi connectivity index (χ2v) is 9.67. The molecule has 2 amide bonds. The van der Waals surface area contributed by atoms with Crippen molar-refractivity contribution < 1.29 is 27.5 Å². The zero-order valence-electron chi connectivity index (χ0n) is 17.9. The lowest BCUT2D eigenvalue weighted by atomic mass is 10.1. The van der Waals surface area contributed by atoms with Crippen molar-refractivity contribution in [1.82, 2.24) is 4.31 Å². The number of benzene rings is 2. The number of hydrogen-bond acceptors (Lipinski definition) is 6. The van der Waals surface area contributed by atoms with Gasteiger partial charge >= 0.3 is 0 Å². The number of nitrogens with one attached hydrogen (secondary N) is 2. The topological polar surface area (TPSA) is 114 Å². The van der Waals surface area contributed by atoms with E-state index in [4.69, 9.17) is 21.1 Å². The second-order valence-electron chi connectivity index (χ2n) is 7.22. The normalized spacial score (nSPS) is 13.7. The molecule has 0 spiro atoms. The van der Waals surface area contributed by atoms with Crippen LogP contribution in [-0.4, -0.2) is 52.3 Å². The predicted molar refractivity (Wildman–Crippen MR) is 121 cm³/mol. The third kappa shape index (κ3) is 5.14. The van der Waals surface area contributed by atoms with Gasteiger partial charge in [0.25, 0.3) is 0 Å². The van der Waals surface area contributed by atoms with Gasteiger partial charge in [0.2, 0.25) is 21.8 Å². The van der Waals surface area contributed by atoms with E-state index in [-0.39, 0.29) is 21.5 Å². The van der Waals surface area contributed by atoms with Crippen LogP contribution >= 0.6 is 11.6 Å². The summed E-state index contributed by atoms with van der Waals surface area (Å²) < 4.78 is 37.3. The van der Waals surface area contributed by atoms with Crippen molar-refractivity contribution in [1.29, 1.82) is 0 Å². The molecule has 1 heterocycles. The van der Waals surface area contributed by atoms with Crippen molar-refractivity contribution >= 4 is 44.8 Å². The molecule has 0 unspecified atom stereocenters. The summed E-state index contributed by atoms with van der Waals surface area (Å²) in [6.07, 6.45) is 1.60. The van der Waals surface area contributed by atoms with Gasteiger partial charge in [0.15, 0.2) is 0 Å². The summed E-state index contributed by atoms with van der Waals surface area (Å²) in [5.41, 5.74) is 1.64. The molecule has 0 atom stereocenters. The number of likely N-dealkylation sites (N-methyl/N-ethyl adjacent to an activating group) is 1. The molecule has 11 heteroatoms. The molecule has 2 aromatic rings. The van der Waals surface area contributed by atoms with Crippen LogP contribution in [0.4, 0.5) is 11.4 Å². The summed E-state index contributed by atoms with van der Waals surface area (Å²) in [6.45, 7) is -0.428. The minimum Gasteiger partial charge on any atom is -0.495 e. The van der Waals surface area contributed by atoms with Gasteiger partial charge in [-0.2, -0.15) is 4.31 Å². The van der Waals surface area contributed by atoms with Crippen molar-refractivity contribution in [3.8, 4) is 11.5 Å². The number of hydrogen-bond donors (Lipinski definition) is 2. The number of nitrogens with zero attached hydrogens (tertiary/aromatic N) is 1. The molecule has 0 saturated heterocycles. The fourth-order valence-corrected chi connectivity index (χ4v) is 4.75. The highest BCUT2D eigenvalue weighted by atomic mass is 35.5. The summed E-state index contributed by atoms with van der Waals surface area (Å²) >= 11 is 6.11. The van der Waals surface area contributed by atoms with Crippen molar-refractivity contribution in [3.63, 3.8) is 0 Å². The SMILES string of the molecule is COc1cc(OC)c(NC(=O)CN(C)S(=O)(=O)c2ccc3c(c2)CCCC(=O)N3)cc1Cl. The molecule has 172 valence electrons. The number of ether oxygens (including phenoxy) is 2. The largest absolute Gasteiger partial charge is 0.495 e. The number of anilines is 2. The van der Waals surface area contributed by atoms with Crippen molar-refractivity contribution in [2.24, 2.45) is 0 Å². The van der Waals surface area contributed by atoms with E-state index in [0.29, 0.717) is 36.4 Å². The Morgan fingerprint density at radius 1 is 1.16 bits per heavy atom. The number of fused-ring (bicyclic) bond motifs is 1. The summed E-state index contributed by atoms with van der Waals surface area (Å²) in [7, 11) is 0.262. The van der Waals surface area contributed by atoms with Crippen LogP contribution < -0.4 is 20.1 Å². The molecule has 0 fully saturated rings. The number of carbonyl (C=O) groups is 2. The Labute approximate surface area is 191 Å². The summed E-state index contributed by atoms with van der Waals surface area (Å²) in [4.78, 5) is 24.3. The van der Waals surface area contributed by atoms with Crippen LogP contribution in [-0.2, 0) is 26.0 Å². The molecule has 2 N–H and O–H groups in total. The van der Waals surface area contributed by atoms with E-state index in [1.165, 1.54) is 45.5 Å². The summed E-state index contributed by atoms with van der Waals surface area (Å²) in [5.74, 6) is 0.0263. The third-order valence-corrected chi connectivity index (χ3v) is 7.12. The lowest BCUT2D eigenvalue weighted by Crippen LogP contribution is -2.35. The van der Waals surface area contributed by atoms with E-state index in [9.17, 15) is 18.0 Å². The lowest BCUT2D eigenvalue weighted by Gasteiger charge is -2.19. The number of amides is 2. The van der Waals surface area contributed by atoms with Crippen LogP contribution in [0.15, 0.2) is 35.2 Å². The van der Waals surface area contributed by atoms with Crippen molar-refractivity contribution in [2.45, 2.75) is 24.2 Å². The first-order chi connectivity index (χ1) is 15.1. The van der Waals surface area contributed by atoms with Gasteiger partial charge in [-0.1, -0.05) is 11.6 Å². The first-order valence-corrected chi connectivity index (χ1v) is 11.6. The van der Waals surface area contributed by atoms with E-state index in [1.807, 2.05) is 0 Å². The van der Waals surface area contributed by atoms with Crippen LogP contribution in [0.25, 0.3) is 0 Å². The highest BCUT2D eigenvalue weighted by Gasteiger charge is 2.25. The van der Waals surface area contributed by atoms with Gasteiger partial charge in [0, 0.05) is 25.2 Å². The monoisotopic (exact) mass is 481 g/mol. The lowest BCUT2D eigenvalue weighted by molar-refractivity contribution is -0.117. The molecule has 1 aliphatic heterocycles. The number of carbonyl (C=O) groups excluding carboxylic acids is 2. The zero-order chi connectivity index (χ0) is 23.5. The number of methoxy groups -OCH3 is 2. The van der Waals surface area contributed by atoms with Crippen LogP contribution in [0.3, 0.4) is 0 Å². The molecule has 0 bridgehead atoms. The molecule has 9 nitrogen and oxygen atoms in total. The highest BCUT2D eigenvalue weighted by molar-refractivity contribution is 7.89. The minimum absolute atomic E-state index is 0.0489. The number of aryl methyl sites for hydroxylation is 1. The van der Waals surface area contributed by atoms with E-state index in [1.54, 1.807) is 6.07 Å². The summed E-state index contributed by atoms with van der Waals surface area (Å²) in [6, 6.07) is 7.51. The summed E-state index contributed by atoms with van der Waals surface area (Å²) in [5, 5.41) is 5.65. The molecule has 3 rings (SSSR count).